The van der Waals surface area contributed by atoms with Gasteiger partial charge in [0.25, 0.3) is 0 Å². The van der Waals surface area contributed by atoms with Gasteiger partial charge >= 0.3 is 0 Å². The Morgan fingerprint density at radius 2 is 2.33 bits per heavy atom. The van der Waals surface area contributed by atoms with Crippen LogP contribution in [0.25, 0.3) is 0 Å². The van der Waals surface area contributed by atoms with Crippen molar-refractivity contribution in [2.24, 2.45) is 5.92 Å². The zero-order valence-electron chi connectivity index (χ0n) is 10.9. The van der Waals surface area contributed by atoms with Crippen molar-refractivity contribution in [3.63, 3.8) is 0 Å². The minimum Gasteiger partial charge on any atom is -0.388 e. The summed E-state index contributed by atoms with van der Waals surface area (Å²) in [5.41, 5.74) is 0.202. The maximum absolute atomic E-state index is 10.5. The van der Waals surface area contributed by atoms with Gasteiger partial charge in [0.05, 0.1) is 5.60 Å². The van der Waals surface area contributed by atoms with Crippen molar-refractivity contribution in [1.29, 1.82) is 0 Å². The molecule has 1 fully saturated rings. The number of hydrogen-bond donors (Lipinski definition) is 2. The Morgan fingerprint density at radius 1 is 1.56 bits per heavy atom. The second kappa shape index (κ2) is 5.41. The van der Waals surface area contributed by atoms with Crippen LogP contribution in [0.2, 0.25) is 5.15 Å². The van der Waals surface area contributed by atoms with Crippen molar-refractivity contribution in [3.8, 4) is 0 Å². The highest BCUT2D eigenvalue weighted by Gasteiger charge is 2.32. The molecule has 0 saturated heterocycles. The van der Waals surface area contributed by atoms with E-state index in [1.165, 1.54) is 12.7 Å². The minimum absolute atomic E-state index is 0.455. The number of aliphatic hydroxyl groups is 1. The van der Waals surface area contributed by atoms with Crippen LogP contribution in [0.3, 0.4) is 0 Å². The third kappa shape index (κ3) is 3.12. The summed E-state index contributed by atoms with van der Waals surface area (Å²) in [6, 6.07) is 0. The molecule has 1 aromatic rings. The molecule has 0 radical (unpaired) electrons. The van der Waals surface area contributed by atoms with Crippen LogP contribution in [-0.4, -0.2) is 27.2 Å². The molecule has 2 N–H and O–H groups in total. The molecule has 0 aliphatic heterocycles. The predicted molar refractivity (Wildman–Crippen MR) is 72.9 cm³/mol. The fourth-order valence-electron chi connectivity index (χ4n) is 2.65. The van der Waals surface area contributed by atoms with Crippen molar-refractivity contribution >= 4 is 17.4 Å². The van der Waals surface area contributed by atoms with Gasteiger partial charge in [-0.05, 0) is 25.7 Å². The summed E-state index contributed by atoms with van der Waals surface area (Å²) in [6.07, 6.45) is 5.43. The lowest BCUT2D eigenvalue weighted by atomic mass is 9.79. The van der Waals surface area contributed by atoms with Crippen molar-refractivity contribution in [2.75, 3.05) is 11.9 Å². The molecule has 18 heavy (non-hydrogen) atoms. The van der Waals surface area contributed by atoms with Gasteiger partial charge in [-0.1, -0.05) is 31.4 Å². The van der Waals surface area contributed by atoms with Crippen LogP contribution < -0.4 is 5.32 Å². The van der Waals surface area contributed by atoms with E-state index in [4.69, 9.17) is 11.6 Å². The molecule has 1 aliphatic carbocycles. The second-order valence-electron chi connectivity index (χ2n) is 5.42. The third-order valence-corrected chi connectivity index (χ3v) is 4.06. The summed E-state index contributed by atoms with van der Waals surface area (Å²) >= 11 is 5.94. The van der Waals surface area contributed by atoms with Crippen LogP contribution in [0.1, 0.15) is 38.2 Å². The first kappa shape index (κ1) is 13.6. The Morgan fingerprint density at radius 3 is 3.06 bits per heavy atom. The van der Waals surface area contributed by atoms with Gasteiger partial charge in [0.1, 0.15) is 17.3 Å². The van der Waals surface area contributed by atoms with Crippen molar-refractivity contribution < 1.29 is 5.11 Å². The highest BCUT2D eigenvalue weighted by atomic mass is 35.5. The topological polar surface area (TPSA) is 58.0 Å². The lowest BCUT2D eigenvalue weighted by molar-refractivity contribution is -0.000835. The zero-order chi connectivity index (χ0) is 13.2. The molecular formula is C13H20ClN3O. The monoisotopic (exact) mass is 269 g/mol. The smallest absolute Gasteiger partial charge is 0.137 e. The molecule has 1 saturated carbocycles. The van der Waals surface area contributed by atoms with E-state index in [-0.39, 0.29) is 0 Å². The Labute approximate surface area is 113 Å². The fraction of sp³-hybridized carbons (Fsp3) is 0.692. The first-order valence-electron chi connectivity index (χ1n) is 6.43. The Kier molecular flexibility index (Phi) is 4.07. The van der Waals surface area contributed by atoms with Gasteiger partial charge in [-0.15, -0.1) is 0 Å². The summed E-state index contributed by atoms with van der Waals surface area (Å²) in [4.78, 5) is 8.07. The van der Waals surface area contributed by atoms with E-state index in [2.05, 4.69) is 22.2 Å². The SMILES string of the molecule is Cc1c(Cl)ncnc1NCC1(O)CCCC(C)C1. The Bertz CT molecular complexity index is 427. The van der Waals surface area contributed by atoms with Gasteiger partial charge in [0, 0.05) is 12.1 Å². The highest BCUT2D eigenvalue weighted by Crippen LogP contribution is 2.32. The van der Waals surface area contributed by atoms with Crippen LogP contribution in [0.5, 0.6) is 0 Å². The maximum atomic E-state index is 10.5. The molecule has 0 spiro atoms. The standard InChI is InChI=1S/C13H20ClN3O/c1-9-4-3-5-13(18,6-9)7-15-12-10(2)11(14)16-8-17-12/h8-9,18H,3-7H2,1-2H3,(H,15,16,17). The number of nitrogens with zero attached hydrogens (tertiary/aromatic N) is 2. The molecule has 1 aromatic heterocycles. The lowest BCUT2D eigenvalue weighted by Crippen LogP contribution is -2.41. The van der Waals surface area contributed by atoms with E-state index >= 15 is 0 Å². The molecule has 5 heteroatoms. The van der Waals surface area contributed by atoms with E-state index < -0.39 is 5.60 Å². The molecule has 2 rings (SSSR count). The molecule has 0 bridgehead atoms. The number of anilines is 1. The largest absolute Gasteiger partial charge is 0.388 e. The van der Waals surface area contributed by atoms with E-state index in [0.29, 0.717) is 23.4 Å². The molecule has 0 amide bonds. The van der Waals surface area contributed by atoms with Gasteiger partial charge in [-0.3, -0.25) is 0 Å². The van der Waals surface area contributed by atoms with Gasteiger partial charge < -0.3 is 10.4 Å². The van der Waals surface area contributed by atoms with Crippen LogP contribution in [0.15, 0.2) is 6.33 Å². The number of nitrogens with one attached hydrogen (secondary N) is 1. The molecule has 2 atom stereocenters. The van der Waals surface area contributed by atoms with E-state index in [1.54, 1.807) is 0 Å². The number of halogens is 1. The molecule has 1 heterocycles. The molecule has 1 aliphatic rings. The quantitative estimate of drug-likeness (QED) is 0.829. The van der Waals surface area contributed by atoms with Crippen molar-refractivity contribution in [1.82, 2.24) is 9.97 Å². The van der Waals surface area contributed by atoms with Crippen molar-refractivity contribution in [2.45, 2.75) is 45.1 Å². The average molecular weight is 270 g/mol. The summed E-state index contributed by atoms with van der Waals surface area (Å²) in [7, 11) is 0. The normalized spacial score (nSPS) is 28.1. The molecule has 100 valence electrons. The zero-order valence-corrected chi connectivity index (χ0v) is 11.7. The maximum Gasteiger partial charge on any atom is 0.137 e. The number of aromatic nitrogens is 2. The Balaban J connectivity index is 2.00. The van der Waals surface area contributed by atoms with Crippen LogP contribution in [-0.2, 0) is 0 Å². The summed E-state index contributed by atoms with van der Waals surface area (Å²) in [6.45, 7) is 4.58. The predicted octanol–water partition coefficient (Wildman–Crippen LogP) is 2.79. The van der Waals surface area contributed by atoms with E-state index in [9.17, 15) is 5.11 Å². The van der Waals surface area contributed by atoms with Gasteiger partial charge in [-0.25, -0.2) is 9.97 Å². The van der Waals surface area contributed by atoms with Crippen molar-refractivity contribution in [3.05, 3.63) is 17.0 Å². The summed E-state index contributed by atoms with van der Waals surface area (Å²) in [5.74, 6) is 1.29. The first-order valence-corrected chi connectivity index (χ1v) is 6.81. The van der Waals surface area contributed by atoms with Crippen LogP contribution in [0.4, 0.5) is 5.82 Å². The summed E-state index contributed by atoms with van der Waals surface area (Å²) < 4.78 is 0. The highest BCUT2D eigenvalue weighted by molar-refractivity contribution is 6.30. The fourth-order valence-corrected chi connectivity index (χ4v) is 2.78. The minimum atomic E-state index is -0.623. The molecule has 4 nitrogen and oxygen atoms in total. The average Bonchev–Trinajstić information content (AvgIpc) is 2.31. The summed E-state index contributed by atoms with van der Waals surface area (Å²) in [5, 5.41) is 14.2. The molecular weight excluding hydrogens is 250 g/mol. The van der Waals surface area contributed by atoms with Crippen LogP contribution >= 0.6 is 11.6 Å². The van der Waals surface area contributed by atoms with E-state index in [1.807, 2.05) is 6.92 Å². The van der Waals surface area contributed by atoms with Gasteiger partial charge in [0.15, 0.2) is 0 Å². The number of hydrogen-bond acceptors (Lipinski definition) is 4. The van der Waals surface area contributed by atoms with Crippen LogP contribution in [0, 0.1) is 12.8 Å². The second-order valence-corrected chi connectivity index (χ2v) is 5.78. The number of rotatable bonds is 3. The lowest BCUT2D eigenvalue weighted by Gasteiger charge is -2.35. The first-order chi connectivity index (χ1) is 8.50. The third-order valence-electron chi connectivity index (χ3n) is 3.67. The molecule has 2 unspecified atom stereocenters. The van der Waals surface area contributed by atoms with E-state index in [0.717, 1.165) is 24.8 Å². The van der Waals surface area contributed by atoms with Gasteiger partial charge in [-0.2, -0.15) is 0 Å². The Hall–Kier alpha value is -0.870. The van der Waals surface area contributed by atoms with Gasteiger partial charge in [0.2, 0.25) is 0 Å². The molecule has 0 aromatic carbocycles.